The van der Waals surface area contributed by atoms with Gasteiger partial charge in [-0.2, -0.15) is 0 Å². The van der Waals surface area contributed by atoms with Gasteiger partial charge in [-0.05, 0) is 26.2 Å². The lowest BCUT2D eigenvalue weighted by Gasteiger charge is -2.23. The lowest BCUT2D eigenvalue weighted by Crippen LogP contribution is -2.34. The van der Waals surface area contributed by atoms with Crippen molar-refractivity contribution in [3.8, 4) is 0 Å². The highest BCUT2D eigenvalue weighted by Gasteiger charge is 2.27. The minimum atomic E-state index is -1.12. The largest absolute Gasteiger partial charge is 0.382 e. The monoisotopic (exact) mass is 186 g/mol. The highest BCUT2D eigenvalue weighted by molar-refractivity contribution is 5.84. The number of unbranched alkanes of at least 4 members (excludes halogenated alkanes) is 1. The molecular weight excluding hydrogens is 164 g/mol. The minimum absolute atomic E-state index is 0.129. The Morgan fingerprint density at radius 1 is 1.54 bits per heavy atom. The fourth-order valence-electron chi connectivity index (χ4n) is 1.48. The van der Waals surface area contributed by atoms with Gasteiger partial charge in [0.2, 0.25) is 0 Å². The first kappa shape index (κ1) is 12.6. The third-order valence-corrected chi connectivity index (χ3v) is 2.55. The van der Waals surface area contributed by atoms with E-state index in [0.717, 1.165) is 6.42 Å². The third kappa shape index (κ3) is 5.04. The van der Waals surface area contributed by atoms with Crippen LogP contribution in [0, 0.1) is 5.92 Å². The molecule has 0 aliphatic heterocycles. The number of aliphatic hydroxyl groups is 1. The van der Waals surface area contributed by atoms with E-state index < -0.39 is 5.60 Å². The molecule has 78 valence electrons. The van der Waals surface area contributed by atoms with Crippen molar-refractivity contribution in [2.24, 2.45) is 5.92 Å². The van der Waals surface area contributed by atoms with Gasteiger partial charge in [0.05, 0.1) is 0 Å². The molecule has 2 heteroatoms. The summed E-state index contributed by atoms with van der Waals surface area (Å²) in [4.78, 5) is 11.0. The summed E-state index contributed by atoms with van der Waals surface area (Å²) in [5.74, 6) is 0.301. The van der Waals surface area contributed by atoms with E-state index in [1.807, 2.05) is 0 Å². The normalized spacial score (nSPS) is 17.9. The molecule has 0 radical (unpaired) electrons. The van der Waals surface area contributed by atoms with E-state index in [4.69, 9.17) is 0 Å². The van der Waals surface area contributed by atoms with Crippen LogP contribution < -0.4 is 0 Å². The van der Waals surface area contributed by atoms with Crippen LogP contribution in [0.2, 0.25) is 0 Å². The number of carbonyl (C=O) groups excluding carboxylic acids is 1. The van der Waals surface area contributed by atoms with Crippen LogP contribution in [-0.4, -0.2) is 16.5 Å². The maximum atomic E-state index is 11.0. The summed E-state index contributed by atoms with van der Waals surface area (Å²) < 4.78 is 0. The van der Waals surface area contributed by atoms with Crippen molar-refractivity contribution < 1.29 is 9.90 Å². The summed E-state index contributed by atoms with van der Waals surface area (Å²) in [5, 5.41) is 9.71. The molecule has 0 aromatic heterocycles. The fraction of sp³-hybridized carbons (Fsp3) is 0.909. The molecule has 1 N–H and O–H groups in total. The van der Waals surface area contributed by atoms with Crippen LogP contribution in [0.3, 0.4) is 0 Å². The SMILES string of the molecule is CCCCC(C)CC(C)(O)C(C)=O. The fourth-order valence-corrected chi connectivity index (χ4v) is 1.48. The number of hydrogen-bond donors (Lipinski definition) is 1. The average Bonchev–Trinajstić information content (AvgIpc) is 1.99. The van der Waals surface area contributed by atoms with E-state index >= 15 is 0 Å². The Morgan fingerprint density at radius 3 is 2.46 bits per heavy atom. The molecular formula is C11H22O2. The summed E-state index contributed by atoms with van der Waals surface area (Å²) in [6.45, 7) is 7.30. The lowest BCUT2D eigenvalue weighted by atomic mass is 9.87. The van der Waals surface area contributed by atoms with Crippen molar-refractivity contribution in [1.29, 1.82) is 0 Å². The molecule has 0 aliphatic carbocycles. The number of ketones is 1. The molecule has 0 amide bonds. The van der Waals surface area contributed by atoms with Gasteiger partial charge in [0.25, 0.3) is 0 Å². The highest BCUT2D eigenvalue weighted by Crippen LogP contribution is 2.21. The molecule has 0 aliphatic rings. The van der Waals surface area contributed by atoms with Gasteiger partial charge in [-0.15, -0.1) is 0 Å². The molecule has 2 nitrogen and oxygen atoms in total. The van der Waals surface area contributed by atoms with Crippen LogP contribution in [0.25, 0.3) is 0 Å². The lowest BCUT2D eigenvalue weighted by molar-refractivity contribution is -0.134. The van der Waals surface area contributed by atoms with Crippen molar-refractivity contribution in [2.45, 2.75) is 59.0 Å². The standard InChI is InChI=1S/C11H22O2/c1-5-6-7-9(2)8-11(4,13)10(3)12/h9,13H,5-8H2,1-4H3. The van der Waals surface area contributed by atoms with Crippen LogP contribution in [0.15, 0.2) is 0 Å². The zero-order valence-corrected chi connectivity index (χ0v) is 9.26. The van der Waals surface area contributed by atoms with E-state index in [-0.39, 0.29) is 5.78 Å². The molecule has 0 saturated carbocycles. The molecule has 0 saturated heterocycles. The summed E-state index contributed by atoms with van der Waals surface area (Å²) >= 11 is 0. The number of carbonyl (C=O) groups is 1. The Balaban J connectivity index is 3.89. The molecule has 2 atom stereocenters. The maximum absolute atomic E-state index is 11.0. The molecule has 0 spiro atoms. The van der Waals surface area contributed by atoms with Crippen molar-refractivity contribution in [3.05, 3.63) is 0 Å². The summed E-state index contributed by atoms with van der Waals surface area (Å²) in [6, 6.07) is 0. The highest BCUT2D eigenvalue weighted by atomic mass is 16.3. The van der Waals surface area contributed by atoms with Crippen LogP contribution in [0.5, 0.6) is 0 Å². The predicted molar refractivity (Wildman–Crippen MR) is 54.6 cm³/mol. The molecule has 0 fully saturated rings. The third-order valence-electron chi connectivity index (χ3n) is 2.55. The first-order valence-electron chi connectivity index (χ1n) is 5.13. The van der Waals surface area contributed by atoms with E-state index in [2.05, 4.69) is 13.8 Å². The van der Waals surface area contributed by atoms with Crippen molar-refractivity contribution >= 4 is 5.78 Å². The average molecular weight is 186 g/mol. The van der Waals surface area contributed by atoms with Gasteiger partial charge >= 0.3 is 0 Å². The second-order valence-electron chi connectivity index (χ2n) is 4.28. The Labute approximate surface area is 81.3 Å². The van der Waals surface area contributed by atoms with Crippen molar-refractivity contribution in [3.63, 3.8) is 0 Å². The van der Waals surface area contributed by atoms with Gasteiger partial charge in [-0.3, -0.25) is 4.79 Å². The molecule has 0 rings (SSSR count). The first-order valence-corrected chi connectivity index (χ1v) is 5.13. The van der Waals surface area contributed by atoms with Gasteiger partial charge < -0.3 is 5.11 Å². The molecule has 0 heterocycles. The second-order valence-corrected chi connectivity index (χ2v) is 4.28. The van der Waals surface area contributed by atoms with Crippen LogP contribution in [-0.2, 0) is 4.79 Å². The van der Waals surface area contributed by atoms with Crippen molar-refractivity contribution in [1.82, 2.24) is 0 Å². The van der Waals surface area contributed by atoms with Gasteiger partial charge in [0, 0.05) is 0 Å². The summed E-state index contributed by atoms with van der Waals surface area (Å²) in [5.41, 5.74) is -1.12. The Kier molecular flexibility index (Phi) is 5.23. The second kappa shape index (κ2) is 5.38. The van der Waals surface area contributed by atoms with E-state index in [9.17, 15) is 9.90 Å². The van der Waals surface area contributed by atoms with Crippen LogP contribution in [0.1, 0.15) is 53.4 Å². The number of hydrogen-bond acceptors (Lipinski definition) is 2. The van der Waals surface area contributed by atoms with E-state index in [1.165, 1.54) is 19.8 Å². The van der Waals surface area contributed by atoms with Gasteiger partial charge in [0.15, 0.2) is 5.78 Å². The van der Waals surface area contributed by atoms with Crippen molar-refractivity contribution in [2.75, 3.05) is 0 Å². The Hall–Kier alpha value is -0.370. The molecule has 2 unspecified atom stereocenters. The maximum Gasteiger partial charge on any atom is 0.160 e. The molecule has 0 aromatic carbocycles. The van der Waals surface area contributed by atoms with E-state index in [0.29, 0.717) is 12.3 Å². The topological polar surface area (TPSA) is 37.3 Å². The van der Waals surface area contributed by atoms with Crippen LogP contribution in [0.4, 0.5) is 0 Å². The summed E-state index contributed by atoms with van der Waals surface area (Å²) in [7, 11) is 0. The predicted octanol–water partition coefficient (Wildman–Crippen LogP) is 2.54. The molecule has 0 aromatic rings. The first-order chi connectivity index (χ1) is 5.90. The minimum Gasteiger partial charge on any atom is -0.382 e. The van der Waals surface area contributed by atoms with Gasteiger partial charge in [-0.1, -0.05) is 33.1 Å². The van der Waals surface area contributed by atoms with E-state index in [1.54, 1.807) is 6.92 Å². The Morgan fingerprint density at radius 2 is 2.08 bits per heavy atom. The quantitative estimate of drug-likeness (QED) is 0.692. The zero-order chi connectivity index (χ0) is 10.5. The smallest absolute Gasteiger partial charge is 0.160 e. The number of Topliss-reactive ketones (excluding diaryl/α,β-unsaturated/α-hetero) is 1. The zero-order valence-electron chi connectivity index (χ0n) is 9.26. The molecule has 0 bridgehead atoms. The van der Waals surface area contributed by atoms with Crippen LogP contribution >= 0.6 is 0 Å². The summed E-state index contributed by atoms with van der Waals surface area (Å²) in [6.07, 6.45) is 4.03. The van der Waals surface area contributed by atoms with Gasteiger partial charge in [-0.25, -0.2) is 0 Å². The van der Waals surface area contributed by atoms with Gasteiger partial charge in [0.1, 0.15) is 5.60 Å². The molecule has 13 heavy (non-hydrogen) atoms. The Bertz CT molecular complexity index is 161. The number of rotatable bonds is 6.